The number of carbonyl (C=O) groups excluding carboxylic acids is 1. The number of aromatic nitrogens is 4. The quantitative estimate of drug-likeness (QED) is 0.140. The van der Waals surface area contributed by atoms with E-state index in [0.717, 1.165) is 30.4 Å². The molecular weight excluding hydrogens is 602 g/mol. The third-order valence-electron chi connectivity index (χ3n) is 6.54. The van der Waals surface area contributed by atoms with Crippen molar-refractivity contribution in [1.82, 2.24) is 24.8 Å². The minimum atomic E-state index is -2.25. The Bertz CT molecular complexity index is 2160. The van der Waals surface area contributed by atoms with Crippen LogP contribution in [-0.2, 0) is 0 Å². The predicted octanol–water partition coefficient (Wildman–Crippen LogP) is 3.25. The van der Waals surface area contributed by atoms with E-state index in [1.54, 1.807) is 0 Å². The summed E-state index contributed by atoms with van der Waals surface area (Å²) < 4.78 is 0. The molecule has 0 radical (unpaired) electrons. The van der Waals surface area contributed by atoms with Gasteiger partial charge in [0.2, 0.25) is 0 Å². The Hall–Kier alpha value is -7.11. The number of hydrogen-bond acceptors (Lipinski definition) is 9. The predicted molar refractivity (Wildman–Crippen MR) is 149 cm³/mol. The second kappa shape index (κ2) is 10.6. The van der Waals surface area contributed by atoms with Gasteiger partial charge in [0, 0.05) is 0 Å². The van der Waals surface area contributed by atoms with Gasteiger partial charge in [-0.3, -0.25) is 4.79 Å². The molecule has 2 aliphatic heterocycles. The average Bonchev–Trinajstić information content (AvgIpc) is 3.73. The summed E-state index contributed by atoms with van der Waals surface area (Å²) in [5, 5.41) is 58.9. The molecule has 8 bridgehead atoms. The maximum atomic E-state index is 13.4. The Balaban J connectivity index is 2.12. The van der Waals surface area contributed by atoms with Crippen LogP contribution in [-0.4, -0.2) is 97.4 Å². The molecule has 45 heavy (non-hydrogen) atoms. The van der Waals surface area contributed by atoms with E-state index in [0.29, 0.717) is 0 Å². The van der Waals surface area contributed by atoms with Crippen molar-refractivity contribution in [3.63, 3.8) is 0 Å². The fraction of sp³-hybridized carbons (Fsp3) is 0. The average molecular weight is 617 g/mol. The molecule has 5 rings (SSSR count). The molecule has 0 atom stereocenters. The molecule has 8 N–H and O–H groups in total. The molecule has 0 saturated heterocycles. The SMILES string of the molecule is O=C(O)c1c2nc(c(C(=O)N(C(=O)O)C(=O)O)c3cc(C(=O)O)c([nH]3)c(C(=O)O)c3nc(c(C(=O)O)c4ccc1[nH]4)C=C3)C=C2. The van der Waals surface area contributed by atoms with Gasteiger partial charge >= 0.3 is 36.1 Å². The minimum Gasteiger partial charge on any atom is -0.478 e. The summed E-state index contributed by atoms with van der Waals surface area (Å²) >= 11 is 0. The number of hydrogen-bond donors (Lipinski definition) is 8. The van der Waals surface area contributed by atoms with Crippen LogP contribution >= 0.6 is 0 Å². The topological polar surface area (TPSA) is 301 Å². The van der Waals surface area contributed by atoms with Crippen LogP contribution in [0.1, 0.15) is 74.6 Å². The third-order valence-corrected chi connectivity index (χ3v) is 6.54. The molecule has 3 aromatic heterocycles. The smallest absolute Gasteiger partial charge is 0.424 e. The summed E-state index contributed by atoms with van der Waals surface area (Å²) in [4.78, 5) is 98.8. The van der Waals surface area contributed by atoms with Crippen molar-refractivity contribution in [2.45, 2.75) is 0 Å². The van der Waals surface area contributed by atoms with E-state index < -0.39 is 97.1 Å². The van der Waals surface area contributed by atoms with Crippen LogP contribution in [0.4, 0.5) is 9.59 Å². The van der Waals surface area contributed by atoms with Crippen molar-refractivity contribution in [1.29, 1.82) is 0 Å². The number of carboxylic acids is 4. The Morgan fingerprint density at radius 2 is 0.956 bits per heavy atom. The molecule has 0 aliphatic carbocycles. The monoisotopic (exact) mass is 617 g/mol. The third kappa shape index (κ3) is 4.88. The van der Waals surface area contributed by atoms with E-state index in [1.165, 1.54) is 12.1 Å². The van der Waals surface area contributed by atoms with Gasteiger partial charge in [0.15, 0.2) is 0 Å². The fourth-order valence-electron chi connectivity index (χ4n) is 4.72. The van der Waals surface area contributed by atoms with Gasteiger partial charge in [-0.2, -0.15) is 0 Å². The molecule has 0 aromatic carbocycles. The highest BCUT2D eigenvalue weighted by molar-refractivity contribution is 6.18. The normalized spacial score (nSPS) is 11.6. The molecule has 5 heterocycles. The second-order valence-corrected chi connectivity index (χ2v) is 9.11. The maximum absolute atomic E-state index is 13.4. The molecule has 18 nitrogen and oxygen atoms in total. The Morgan fingerprint density at radius 1 is 0.533 bits per heavy atom. The number of rotatable bonds is 5. The van der Waals surface area contributed by atoms with Gasteiger partial charge in [0.05, 0.1) is 56.0 Å². The first kappa shape index (κ1) is 29.4. The maximum Gasteiger partial charge on any atom is 0.424 e. The van der Waals surface area contributed by atoms with E-state index in [-0.39, 0.29) is 22.4 Å². The summed E-state index contributed by atoms with van der Waals surface area (Å²) in [5.41, 5.74) is -6.83. The van der Waals surface area contributed by atoms with E-state index >= 15 is 0 Å². The summed E-state index contributed by atoms with van der Waals surface area (Å²) in [6.45, 7) is 0. The molecule has 226 valence electrons. The summed E-state index contributed by atoms with van der Waals surface area (Å²) in [7, 11) is 0. The van der Waals surface area contributed by atoms with Gasteiger partial charge in [-0.15, -0.1) is 4.90 Å². The van der Waals surface area contributed by atoms with Gasteiger partial charge in [-0.1, -0.05) is 0 Å². The number of carboxylic acid groups (broad SMARTS) is 6. The van der Waals surface area contributed by atoms with Crippen LogP contribution in [0.2, 0.25) is 0 Å². The first-order valence-corrected chi connectivity index (χ1v) is 12.1. The van der Waals surface area contributed by atoms with Crippen LogP contribution < -0.4 is 0 Å². The highest BCUT2D eigenvalue weighted by atomic mass is 16.4. The number of carbonyl (C=O) groups is 7. The Morgan fingerprint density at radius 3 is 1.36 bits per heavy atom. The van der Waals surface area contributed by atoms with E-state index in [9.17, 15) is 64.2 Å². The second-order valence-electron chi connectivity index (χ2n) is 9.11. The van der Waals surface area contributed by atoms with Crippen molar-refractivity contribution in [2.24, 2.45) is 0 Å². The number of imide groups is 3. The van der Waals surface area contributed by atoms with Crippen LogP contribution in [0.25, 0.3) is 46.4 Å². The number of aromatic carboxylic acids is 4. The van der Waals surface area contributed by atoms with Crippen molar-refractivity contribution in [3.8, 4) is 0 Å². The zero-order valence-electron chi connectivity index (χ0n) is 21.9. The first-order valence-electron chi connectivity index (χ1n) is 12.1. The molecule has 0 fully saturated rings. The largest absolute Gasteiger partial charge is 0.478 e. The van der Waals surface area contributed by atoms with Crippen molar-refractivity contribution in [3.05, 3.63) is 68.8 Å². The number of nitrogens with one attached hydrogen (secondary N) is 2. The number of nitrogens with zero attached hydrogens (tertiary/aromatic N) is 3. The van der Waals surface area contributed by atoms with Crippen molar-refractivity contribution in [2.75, 3.05) is 0 Å². The molecule has 0 spiro atoms. The molecule has 0 saturated carbocycles. The molecule has 18 heteroatoms. The number of H-pyrrole nitrogens is 2. The first-order chi connectivity index (χ1) is 21.2. The Labute approximate surface area is 246 Å². The molecule has 2 aliphatic rings. The van der Waals surface area contributed by atoms with Crippen LogP contribution in [0.5, 0.6) is 0 Å². The molecule has 3 aromatic rings. The number of fused-ring (bicyclic) bond motifs is 8. The van der Waals surface area contributed by atoms with Crippen LogP contribution in [0.15, 0.2) is 18.2 Å². The summed E-state index contributed by atoms with van der Waals surface area (Å²) in [6.07, 6.45) is -0.232. The minimum absolute atomic E-state index is 0.161. The zero-order chi connectivity index (χ0) is 32.9. The lowest BCUT2D eigenvalue weighted by Crippen LogP contribution is -2.40. The highest BCUT2D eigenvalue weighted by Gasteiger charge is 2.33. The van der Waals surface area contributed by atoms with Gasteiger partial charge < -0.3 is 40.6 Å². The van der Waals surface area contributed by atoms with Gasteiger partial charge in [-0.05, 0) is 42.5 Å². The molecule has 3 amide bonds. The standard InChI is InChI=1S/C27H15N5O13/c33-21(32(26(42)43)27(44)45)16-9-1-2-10(28-9)17(23(36)37)11-3-4-12(29-11)18(24(38)39)13-5-6-14(30-13)19(25(40)41)20-8(22(34)35)7-15(16)31-20/h1-7,29,31H,(H,34,35)(H,36,37)(H,38,39)(H,40,41)(H,42,43)(H,44,45). The van der Waals surface area contributed by atoms with Crippen molar-refractivity contribution >= 4 is 88.3 Å². The number of amides is 3. The highest BCUT2D eigenvalue weighted by Crippen LogP contribution is 2.29. The Kier molecular flexibility index (Phi) is 6.93. The van der Waals surface area contributed by atoms with Gasteiger partial charge in [0.25, 0.3) is 5.91 Å². The van der Waals surface area contributed by atoms with Crippen molar-refractivity contribution < 1.29 is 64.2 Å². The summed E-state index contributed by atoms with van der Waals surface area (Å²) in [6, 6.07) is 3.13. The lowest BCUT2D eigenvalue weighted by Gasteiger charge is -2.12. The van der Waals surface area contributed by atoms with E-state index in [2.05, 4.69) is 19.9 Å². The van der Waals surface area contributed by atoms with Gasteiger partial charge in [0.1, 0.15) is 16.7 Å². The molecular formula is C27H15N5O13. The fourth-order valence-corrected chi connectivity index (χ4v) is 4.72. The van der Waals surface area contributed by atoms with E-state index in [1.807, 2.05) is 0 Å². The molecule has 0 unspecified atom stereocenters. The van der Waals surface area contributed by atoms with E-state index in [4.69, 9.17) is 0 Å². The lowest BCUT2D eigenvalue weighted by atomic mass is 10.1. The van der Waals surface area contributed by atoms with Crippen LogP contribution in [0, 0.1) is 0 Å². The lowest BCUT2D eigenvalue weighted by molar-refractivity contribution is 0.0683. The number of aromatic amines is 2. The van der Waals surface area contributed by atoms with Crippen LogP contribution in [0.3, 0.4) is 0 Å². The van der Waals surface area contributed by atoms with Gasteiger partial charge in [-0.25, -0.2) is 38.7 Å². The zero-order valence-corrected chi connectivity index (χ0v) is 21.9. The summed E-state index contributed by atoms with van der Waals surface area (Å²) in [5.74, 6) is -8.39.